The lowest BCUT2D eigenvalue weighted by atomic mass is 9.85. The molecule has 0 spiro atoms. The molecule has 1 fully saturated rings. The van der Waals surface area contributed by atoms with E-state index in [0.717, 1.165) is 18.4 Å². The second-order valence-corrected chi connectivity index (χ2v) is 8.58. The predicted molar refractivity (Wildman–Crippen MR) is 145 cm³/mol. The maximum atomic E-state index is 12.4. The van der Waals surface area contributed by atoms with Crippen molar-refractivity contribution in [2.24, 2.45) is 16.5 Å². The van der Waals surface area contributed by atoms with Crippen LogP contribution in [0.5, 0.6) is 0 Å². The molecule has 1 aliphatic heterocycles. The number of carbonyl (C=O) groups is 3. The number of aliphatic imine (C=N–C) groups is 1. The molecule has 4 amide bonds. The van der Waals surface area contributed by atoms with Gasteiger partial charge in [0.05, 0.1) is 6.54 Å². The standard InChI is InChI=1S/C26H32N8O4/c1-4-21(35)34-15-5-14-26(16-34,38-3)18-8-12-20(13-9-18)31-25(37)33-24(28)32-23(27)30-19-10-6-17(7-11-19)22(36)29-2/h4,6-13H,1,5,14-16H2,2-3H3,(H,29,36)(H6,27,28,30,31,32,33,37)/p+1. The van der Waals surface area contributed by atoms with Crippen molar-refractivity contribution in [2.45, 2.75) is 18.4 Å². The number of guanidine groups is 2. The summed E-state index contributed by atoms with van der Waals surface area (Å²) in [5.74, 6) is -0.530. The molecule has 0 saturated carbocycles. The third-order valence-corrected chi connectivity index (χ3v) is 6.12. The van der Waals surface area contributed by atoms with Gasteiger partial charge in [0.15, 0.2) is 0 Å². The third-order valence-electron chi connectivity index (χ3n) is 6.12. The Bertz CT molecular complexity index is 1240. The van der Waals surface area contributed by atoms with E-state index < -0.39 is 11.6 Å². The van der Waals surface area contributed by atoms with Gasteiger partial charge in [-0.1, -0.05) is 18.7 Å². The summed E-state index contributed by atoms with van der Waals surface area (Å²) < 4.78 is 5.87. The number of ether oxygens (including phenoxy) is 1. The number of nitrogens with one attached hydrogen (secondary N) is 4. The largest absolute Gasteiger partial charge is 0.372 e. The number of hydrogen-bond donors (Lipinski definition) is 6. The molecule has 12 nitrogen and oxygen atoms in total. The number of benzene rings is 2. The van der Waals surface area contributed by atoms with Gasteiger partial charge < -0.3 is 26.4 Å². The highest BCUT2D eigenvalue weighted by Gasteiger charge is 2.38. The molecule has 8 N–H and O–H groups in total. The van der Waals surface area contributed by atoms with Gasteiger partial charge in [-0.2, -0.15) is 0 Å². The molecule has 3 rings (SSSR count). The van der Waals surface area contributed by atoms with Crippen LogP contribution in [0.1, 0.15) is 28.8 Å². The summed E-state index contributed by atoms with van der Waals surface area (Å²) in [5, 5.41) is 7.66. The van der Waals surface area contributed by atoms with Crippen molar-refractivity contribution in [3.8, 4) is 0 Å². The number of anilines is 1. The molecule has 0 aliphatic carbocycles. The van der Waals surface area contributed by atoms with E-state index in [-0.39, 0.29) is 23.7 Å². The van der Waals surface area contributed by atoms with E-state index in [1.807, 2.05) is 12.1 Å². The summed E-state index contributed by atoms with van der Waals surface area (Å²) in [5.41, 5.74) is 13.4. The molecule has 1 saturated heterocycles. The zero-order valence-electron chi connectivity index (χ0n) is 21.4. The molecule has 12 heteroatoms. The highest BCUT2D eigenvalue weighted by molar-refractivity contribution is 6.01. The fourth-order valence-electron chi connectivity index (χ4n) is 4.17. The number of nitrogens with zero attached hydrogens (tertiary/aromatic N) is 2. The molecule has 2 aromatic rings. The van der Waals surface area contributed by atoms with Crippen LogP contribution in [0.15, 0.2) is 66.2 Å². The molecule has 1 unspecified atom stereocenters. The Hall–Kier alpha value is -4.71. The molecule has 200 valence electrons. The van der Waals surface area contributed by atoms with Crippen molar-refractivity contribution in [1.29, 1.82) is 0 Å². The summed E-state index contributed by atoms with van der Waals surface area (Å²) >= 11 is 0. The Morgan fingerprint density at radius 2 is 1.82 bits per heavy atom. The lowest BCUT2D eigenvalue weighted by Crippen LogP contribution is -2.85. The summed E-state index contributed by atoms with van der Waals surface area (Å²) in [7, 11) is 3.17. The number of urea groups is 1. The van der Waals surface area contributed by atoms with Gasteiger partial charge in [-0.15, -0.1) is 4.99 Å². The van der Waals surface area contributed by atoms with Crippen LogP contribution in [0.2, 0.25) is 0 Å². The van der Waals surface area contributed by atoms with Crippen LogP contribution in [0.3, 0.4) is 0 Å². The first-order valence-electron chi connectivity index (χ1n) is 11.9. The van der Waals surface area contributed by atoms with E-state index in [1.54, 1.807) is 55.5 Å². The molecule has 1 aliphatic rings. The van der Waals surface area contributed by atoms with Crippen molar-refractivity contribution in [2.75, 3.05) is 32.6 Å². The van der Waals surface area contributed by atoms with Gasteiger partial charge >= 0.3 is 12.0 Å². The lowest BCUT2D eigenvalue weighted by Gasteiger charge is -2.42. The van der Waals surface area contributed by atoms with Crippen molar-refractivity contribution in [3.63, 3.8) is 0 Å². The Morgan fingerprint density at radius 3 is 2.42 bits per heavy atom. The Labute approximate surface area is 220 Å². The Morgan fingerprint density at radius 1 is 1.13 bits per heavy atom. The molecule has 0 radical (unpaired) electrons. The van der Waals surface area contributed by atoms with Crippen LogP contribution in [0.25, 0.3) is 0 Å². The summed E-state index contributed by atoms with van der Waals surface area (Å²) in [6.07, 6.45) is 2.86. The first kappa shape index (κ1) is 27.9. The van der Waals surface area contributed by atoms with Gasteiger partial charge in [0.1, 0.15) is 11.3 Å². The Kier molecular flexibility index (Phi) is 9.17. The monoisotopic (exact) mass is 521 g/mol. The molecule has 38 heavy (non-hydrogen) atoms. The lowest BCUT2D eigenvalue weighted by molar-refractivity contribution is -0.321. The second kappa shape index (κ2) is 12.5. The van der Waals surface area contributed by atoms with Crippen LogP contribution < -0.4 is 32.4 Å². The highest BCUT2D eigenvalue weighted by Crippen LogP contribution is 2.35. The number of piperidine rings is 1. The minimum Gasteiger partial charge on any atom is -0.372 e. The summed E-state index contributed by atoms with van der Waals surface area (Å²) in [6.45, 7) is 4.64. The average Bonchev–Trinajstić information content (AvgIpc) is 2.92. The third kappa shape index (κ3) is 6.95. The molecular formula is C26H33N8O4+. The van der Waals surface area contributed by atoms with Crippen LogP contribution in [0, 0.1) is 0 Å². The van der Waals surface area contributed by atoms with Crippen LogP contribution in [0.4, 0.5) is 16.2 Å². The fraction of sp³-hybridized carbons (Fsp3) is 0.269. The molecule has 1 atom stereocenters. The van der Waals surface area contributed by atoms with Gasteiger partial charge in [-0.05, 0) is 60.9 Å². The van der Waals surface area contributed by atoms with Gasteiger partial charge in [0.2, 0.25) is 5.91 Å². The van der Waals surface area contributed by atoms with Crippen LogP contribution in [-0.4, -0.2) is 61.9 Å². The van der Waals surface area contributed by atoms with E-state index in [4.69, 9.17) is 16.2 Å². The fourth-order valence-corrected chi connectivity index (χ4v) is 4.17. The molecule has 0 aromatic heterocycles. The molecule has 0 bridgehead atoms. The quantitative estimate of drug-likeness (QED) is 0.175. The van der Waals surface area contributed by atoms with E-state index in [9.17, 15) is 14.4 Å². The first-order valence-corrected chi connectivity index (χ1v) is 11.9. The maximum Gasteiger partial charge on any atom is 0.360 e. The van der Waals surface area contributed by atoms with Gasteiger partial charge in [0.25, 0.3) is 11.9 Å². The molecule has 2 aromatic carbocycles. The highest BCUT2D eigenvalue weighted by atomic mass is 16.5. The minimum absolute atomic E-state index is 0.0545. The SMILES string of the molecule is C=CC(=O)N1CCCC(OC)(c2ccc(NC(=O)N/C(N)=[NH+]\C(N)=Nc3ccc(C(=O)NC)cc3)cc2)C1. The normalized spacial score (nSPS) is 17.9. The maximum absolute atomic E-state index is 12.4. The topological polar surface area (TPSA) is 178 Å². The van der Waals surface area contributed by atoms with Crippen molar-refractivity contribution < 1.29 is 24.1 Å². The number of rotatable bonds is 6. The number of nitrogens with two attached hydrogens (primary N) is 2. The number of likely N-dealkylation sites (tertiary alicyclic amines) is 1. The zero-order chi connectivity index (χ0) is 27.7. The van der Waals surface area contributed by atoms with Gasteiger partial charge in [-0.25, -0.2) is 15.1 Å². The molecular weight excluding hydrogens is 488 g/mol. The van der Waals surface area contributed by atoms with Crippen LogP contribution >= 0.6 is 0 Å². The first-order chi connectivity index (χ1) is 18.2. The van der Waals surface area contributed by atoms with Gasteiger partial charge in [-0.3, -0.25) is 14.9 Å². The summed E-state index contributed by atoms with van der Waals surface area (Å²) in [6, 6.07) is 13.1. The van der Waals surface area contributed by atoms with Crippen molar-refractivity contribution >= 4 is 41.1 Å². The van der Waals surface area contributed by atoms with Crippen molar-refractivity contribution in [3.05, 3.63) is 72.3 Å². The van der Waals surface area contributed by atoms with Gasteiger partial charge in [0, 0.05) is 32.0 Å². The van der Waals surface area contributed by atoms with E-state index in [2.05, 4.69) is 32.5 Å². The Balaban J connectivity index is 1.60. The molecule has 1 heterocycles. The number of amides is 4. The van der Waals surface area contributed by atoms with E-state index in [1.165, 1.54) is 6.08 Å². The van der Waals surface area contributed by atoms with E-state index in [0.29, 0.717) is 30.0 Å². The van der Waals surface area contributed by atoms with Crippen LogP contribution in [-0.2, 0) is 15.1 Å². The predicted octanol–water partition coefficient (Wildman–Crippen LogP) is -0.140. The average molecular weight is 522 g/mol. The smallest absolute Gasteiger partial charge is 0.360 e. The zero-order valence-corrected chi connectivity index (χ0v) is 21.4. The number of hydrogen-bond acceptors (Lipinski definition) is 5. The van der Waals surface area contributed by atoms with Crippen molar-refractivity contribution in [1.82, 2.24) is 15.5 Å². The minimum atomic E-state index is -0.639. The summed E-state index contributed by atoms with van der Waals surface area (Å²) in [4.78, 5) is 44.6. The number of carbonyl (C=O) groups excluding carboxylic acids is 3. The van der Waals surface area contributed by atoms with E-state index >= 15 is 0 Å². The number of methoxy groups -OCH3 is 1. The second-order valence-electron chi connectivity index (χ2n) is 8.58.